The van der Waals surface area contributed by atoms with Crippen molar-refractivity contribution in [2.24, 2.45) is 0 Å². The molecule has 8 heteroatoms. The minimum Gasteiger partial charge on any atom is -0.491 e. The molecule has 1 unspecified atom stereocenters. The van der Waals surface area contributed by atoms with E-state index in [2.05, 4.69) is 5.32 Å². The molecule has 1 amide bonds. The summed E-state index contributed by atoms with van der Waals surface area (Å²) in [5.41, 5.74) is 1.44. The number of carbonyl (C=O) groups is 1. The largest absolute Gasteiger partial charge is 0.491 e. The lowest BCUT2D eigenvalue weighted by atomic mass is 10.2. The first-order valence-corrected chi connectivity index (χ1v) is 11.5. The van der Waals surface area contributed by atoms with Gasteiger partial charge in [-0.05, 0) is 62.4 Å². The number of benzene rings is 3. The van der Waals surface area contributed by atoms with E-state index in [1.807, 2.05) is 31.2 Å². The van der Waals surface area contributed by atoms with Gasteiger partial charge in [0.1, 0.15) is 24.7 Å². The summed E-state index contributed by atoms with van der Waals surface area (Å²) in [5, 5.41) is 2.76. The summed E-state index contributed by atoms with van der Waals surface area (Å²) < 4.78 is 46.4. The zero-order valence-electron chi connectivity index (χ0n) is 17.9. The highest BCUT2D eigenvalue weighted by Gasteiger charge is 2.27. The zero-order chi connectivity index (χ0) is 23.1. The fourth-order valence-corrected chi connectivity index (χ4v) is 4.41. The van der Waals surface area contributed by atoms with Crippen molar-refractivity contribution < 1.29 is 22.3 Å². The van der Waals surface area contributed by atoms with Gasteiger partial charge in [-0.3, -0.25) is 9.10 Å². The Bertz CT molecular complexity index is 1130. The third-order valence-corrected chi connectivity index (χ3v) is 6.45. The molecule has 6 nitrogen and oxygen atoms in total. The van der Waals surface area contributed by atoms with E-state index in [9.17, 15) is 17.6 Å². The van der Waals surface area contributed by atoms with Gasteiger partial charge in [-0.25, -0.2) is 12.8 Å². The van der Waals surface area contributed by atoms with Crippen molar-refractivity contribution in [2.75, 3.05) is 17.5 Å². The van der Waals surface area contributed by atoms with Gasteiger partial charge < -0.3 is 10.1 Å². The number of para-hydroxylation sites is 1. The Kier molecular flexibility index (Phi) is 7.48. The number of nitrogens with zero attached hydrogens (tertiary/aromatic N) is 1. The molecule has 32 heavy (non-hydrogen) atoms. The summed E-state index contributed by atoms with van der Waals surface area (Å²) in [6.45, 7) is 3.54. The van der Waals surface area contributed by atoms with E-state index >= 15 is 0 Å². The fraction of sp³-hybridized carbons (Fsp3) is 0.208. The molecule has 1 atom stereocenters. The Labute approximate surface area is 187 Å². The Morgan fingerprint density at radius 1 is 1.00 bits per heavy atom. The minimum atomic E-state index is -4.09. The lowest BCUT2D eigenvalue weighted by molar-refractivity contribution is -0.120. The van der Waals surface area contributed by atoms with Crippen LogP contribution in [0.4, 0.5) is 10.1 Å². The Morgan fingerprint density at radius 2 is 1.62 bits per heavy atom. The SMILES string of the molecule is Cc1ccc(OCC(C)NC(=O)CN(c2ccccc2)S(=O)(=O)c2ccc(F)cc2)cc1. The van der Waals surface area contributed by atoms with Crippen LogP contribution in [-0.4, -0.2) is 33.5 Å². The van der Waals surface area contributed by atoms with Crippen LogP contribution in [0, 0.1) is 12.7 Å². The first-order chi connectivity index (χ1) is 15.3. The third-order valence-electron chi connectivity index (χ3n) is 4.66. The number of ether oxygens (including phenoxy) is 1. The van der Waals surface area contributed by atoms with Crippen molar-refractivity contribution in [1.29, 1.82) is 0 Å². The van der Waals surface area contributed by atoms with Crippen molar-refractivity contribution in [3.63, 3.8) is 0 Å². The molecular weight excluding hydrogens is 431 g/mol. The standard InChI is InChI=1S/C24H25FN2O4S/c1-18-8-12-22(13-9-18)31-17-19(2)26-24(28)16-27(21-6-4-3-5-7-21)32(29,30)23-14-10-20(25)11-15-23/h3-15,19H,16-17H2,1-2H3,(H,26,28). The number of carbonyl (C=O) groups excluding carboxylic acids is 1. The first kappa shape index (κ1) is 23.3. The van der Waals surface area contributed by atoms with Crippen LogP contribution >= 0.6 is 0 Å². The van der Waals surface area contributed by atoms with Gasteiger partial charge in [-0.15, -0.1) is 0 Å². The quantitative estimate of drug-likeness (QED) is 0.530. The first-order valence-electron chi connectivity index (χ1n) is 10.1. The number of aryl methyl sites for hydroxylation is 1. The van der Waals surface area contributed by atoms with Crippen molar-refractivity contribution in [2.45, 2.75) is 24.8 Å². The maximum Gasteiger partial charge on any atom is 0.264 e. The van der Waals surface area contributed by atoms with Gasteiger partial charge in [0.05, 0.1) is 16.6 Å². The smallest absolute Gasteiger partial charge is 0.264 e. The van der Waals surface area contributed by atoms with Crippen LogP contribution in [0.5, 0.6) is 5.75 Å². The highest BCUT2D eigenvalue weighted by molar-refractivity contribution is 7.92. The molecule has 0 fully saturated rings. The zero-order valence-corrected chi connectivity index (χ0v) is 18.7. The van der Waals surface area contributed by atoms with Gasteiger partial charge in [0.2, 0.25) is 5.91 Å². The molecule has 0 aliphatic heterocycles. The van der Waals surface area contributed by atoms with Gasteiger partial charge in [0, 0.05) is 0 Å². The average molecular weight is 457 g/mol. The molecule has 0 spiro atoms. The summed E-state index contributed by atoms with van der Waals surface area (Å²) in [4.78, 5) is 12.6. The Morgan fingerprint density at radius 3 is 2.25 bits per heavy atom. The van der Waals surface area contributed by atoms with Crippen LogP contribution in [0.15, 0.2) is 83.8 Å². The number of halogens is 1. The van der Waals surface area contributed by atoms with Crippen LogP contribution in [0.2, 0.25) is 0 Å². The van der Waals surface area contributed by atoms with Crippen LogP contribution in [0.1, 0.15) is 12.5 Å². The molecule has 0 aliphatic carbocycles. The van der Waals surface area contributed by atoms with Gasteiger partial charge in [-0.1, -0.05) is 35.9 Å². The van der Waals surface area contributed by atoms with E-state index in [4.69, 9.17) is 4.74 Å². The molecule has 168 valence electrons. The van der Waals surface area contributed by atoms with E-state index in [1.54, 1.807) is 37.3 Å². The van der Waals surface area contributed by atoms with E-state index < -0.39 is 28.3 Å². The van der Waals surface area contributed by atoms with E-state index in [-0.39, 0.29) is 17.5 Å². The number of hydrogen-bond donors (Lipinski definition) is 1. The predicted molar refractivity (Wildman–Crippen MR) is 122 cm³/mol. The monoisotopic (exact) mass is 456 g/mol. The van der Waals surface area contributed by atoms with E-state index in [0.29, 0.717) is 11.4 Å². The molecule has 0 saturated heterocycles. The van der Waals surface area contributed by atoms with Crippen LogP contribution in [0.25, 0.3) is 0 Å². The van der Waals surface area contributed by atoms with Crippen molar-refractivity contribution in [3.05, 3.63) is 90.2 Å². The van der Waals surface area contributed by atoms with Gasteiger partial charge in [-0.2, -0.15) is 0 Å². The molecule has 3 rings (SSSR count). The molecule has 3 aromatic rings. The average Bonchev–Trinajstić information content (AvgIpc) is 2.78. The highest BCUT2D eigenvalue weighted by Crippen LogP contribution is 2.23. The lowest BCUT2D eigenvalue weighted by Gasteiger charge is -2.25. The third kappa shape index (κ3) is 6.07. The maximum atomic E-state index is 13.3. The summed E-state index contributed by atoms with van der Waals surface area (Å²) in [6, 6.07) is 20.0. The normalized spacial score (nSPS) is 12.1. The van der Waals surface area contributed by atoms with Crippen LogP contribution < -0.4 is 14.4 Å². The number of rotatable bonds is 9. The molecule has 0 bridgehead atoms. The molecule has 0 aliphatic rings. The molecule has 0 radical (unpaired) electrons. The maximum absolute atomic E-state index is 13.3. The summed E-state index contributed by atoms with van der Waals surface area (Å²) in [7, 11) is -4.09. The van der Waals surface area contributed by atoms with E-state index in [0.717, 1.165) is 22.0 Å². The second-order valence-corrected chi connectivity index (χ2v) is 9.26. The highest BCUT2D eigenvalue weighted by atomic mass is 32.2. The fourth-order valence-electron chi connectivity index (χ4n) is 2.99. The Hall–Kier alpha value is -3.39. The summed E-state index contributed by atoms with van der Waals surface area (Å²) in [5.74, 6) is -0.351. The van der Waals surface area contributed by atoms with Crippen LogP contribution in [0.3, 0.4) is 0 Å². The number of amides is 1. The minimum absolute atomic E-state index is 0.105. The van der Waals surface area contributed by atoms with Crippen LogP contribution in [-0.2, 0) is 14.8 Å². The number of hydrogen-bond acceptors (Lipinski definition) is 4. The van der Waals surface area contributed by atoms with E-state index in [1.165, 1.54) is 12.1 Å². The van der Waals surface area contributed by atoms with Gasteiger partial charge >= 0.3 is 0 Å². The second kappa shape index (κ2) is 10.3. The molecule has 0 aromatic heterocycles. The topological polar surface area (TPSA) is 75.7 Å². The Balaban J connectivity index is 1.71. The molecule has 0 saturated carbocycles. The molecular formula is C24H25FN2O4S. The van der Waals surface area contributed by atoms with Crippen molar-refractivity contribution >= 4 is 21.6 Å². The van der Waals surface area contributed by atoms with Gasteiger partial charge in [0.15, 0.2) is 0 Å². The summed E-state index contributed by atoms with van der Waals surface area (Å²) >= 11 is 0. The number of sulfonamides is 1. The number of anilines is 1. The predicted octanol–water partition coefficient (Wildman–Crippen LogP) is 3.91. The molecule has 0 heterocycles. The van der Waals surface area contributed by atoms with Crippen molar-refractivity contribution in [3.8, 4) is 5.75 Å². The molecule has 1 N–H and O–H groups in total. The molecule has 3 aromatic carbocycles. The van der Waals surface area contributed by atoms with Gasteiger partial charge in [0.25, 0.3) is 10.0 Å². The second-order valence-electron chi connectivity index (χ2n) is 7.39. The summed E-state index contributed by atoms with van der Waals surface area (Å²) in [6.07, 6.45) is 0. The number of nitrogens with one attached hydrogen (secondary N) is 1. The van der Waals surface area contributed by atoms with Crippen molar-refractivity contribution in [1.82, 2.24) is 5.32 Å². The lowest BCUT2D eigenvalue weighted by Crippen LogP contribution is -2.45.